The zero-order chi connectivity index (χ0) is 26.1. The van der Waals surface area contributed by atoms with Crippen molar-refractivity contribution in [1.82, 2.24) is 28.9 Å². The summed E-state index contributed by atoms with van der Waals surface area (Å²) in [5.41, 5.74) is 0.441. The highest BCUT2D eigenvalue weighted by atomic mass is 35.5. The third-order valence-electron chi connectivity index (χ3n) is 6.47. The Hall–Kier alpha value is -2.87. The van der Waals surface area contributed by atoms with Gasteiger partial charge in [0.2, 0.25) is 10.0 Å². The molecule has 1 aliphatic rings. The fourth-order valence-corrected chi connectivity index (χ4v) is 7.50. The number of aryl methyl sites for hydroxylation is 1. The van der Waals surface area contributed by atoms with Gasteiger partial charge in [-0.15, -0.1) is 16.4 Å². The summed E-state index contributed by atoms with van der Waals surface area (Å²) >= 11 is 6.99. The van der Waals surface area contributed by atoms with Gasteiger partial charge in [0.05, 0.1) is 10.4 Å². The zero-order valence-electron chi connectivity index (χ0n) is 19.2. The van der Waals surface area contributed by atoms with Crippen LogP contribution in [0.25, 0.3) is 26.1 Å². The van der Waals surface area contributed by atoms with Crippen molar-refractivity contribution >= 4 is 59.0 Å². The smallest absolute Gasteiger partial charge is 0.234 e. The van der Waals surface area contributed by atoms with Gasteiger partial charge in [0.1, 0.15) is 21.6 Å². The van der Waals surface area contributed by atoms with E-state index in [0.29, 0.717) is 57.0 Å². The molecule has 5 heterocycles. The first kappa shape index (κ1) is 24.5. The SMILES string of the molecule is Cc1cc(C(F)(F)F)nc2sc3c(ncn4nc(C5CCCN(S(=O)(=O)c6ccc(Cl)cc6)C5)nc34)c12. The van der Waals surface area contributed by atoms with Crippen molar-refractivity contribution in [3.63, 3.8) is 0 Å². The summed E-state index contributed by atoms with van der Waals surface area (Å²) in [6.45, 7) is 2.19. The Labute approximate surface area is 217 Å². The standard InChI is InChI=1S/C23H18ClF3N6O2S2/c1-12-9-16(23(25,26)27)29-22-17(12)18-19(36-22)21-30-20(31-33(21)11-28-18)13-3-2-8-32(10-13)37(34,35)15-6-4-14(24)5-7-15/h4-7,9,11,13H,2-3,8,10H2,1H3. The molecule has 6 rings (SSSR count). The van der Waals surface area contributed by atoms with E-state index in [-0.39, 0.29) is 22.2 Å². The molecule has 0 N–H and O–H groups in total. The normalized spacial score (nSPS) is 17.8. The van der Waals surface area contributed by atoms with E-state index in [1.54, 1.807) is 6.92 Å². The number of hydrogen-bond donors (Lipinski definition) is 0. The number of hydrogen-bond acceptors (Lipinski definition) is 7. The first-order valence-electron chi connectivity index (χ1n) is 11.3. The molecule has 1 saturated heterocycles. The molecule has 1 fully saturated rings. The number of aromatic nitrogens is 5. The van der Waals surface area contributed by atoms with Crippen molar-refractivity contribution < 1.29 is 21.6 Å². The first-order chi connectivity index (χ1) is 17.5. The molecule has 8 nitrogen and oxygen atoms in total. The van der Waals surface area contributed by atoms with Gasteiger partial charge in [-0.25, -0.2) is 27.9 Å². The molecule has 4 aromatic heterocycles. The molecule has 1 atom stereocenters. The van der Waals surface area contributed by atoms with E-state index in [2.05, 4.69) is 15.1 Å². The van der Waals surface area contributed by atoms with E-state index in [1.165, 1.54) is 39.4 Å². The largest absolute Gasteiger partial charge is 0.433 e. The molecule has 5 aromatic rings. The molecule has 1 unspecified atom stereocenters. The van der Waals surface area contributed by atoms with Crippen LogP contribution < -0.4 is 0 Å². The van der Waals surface area contributed by atoms with Crippen LogP contribution in [0.5, 0.6) is 0 Å². The number of piperidine rings is 1. The maximum absolute atomic E-state index is 13.3. The quantitative estimate of drug-likeness (QED) is 0.289. The second-order valence-electron chi connectivity index (χ2n) is 8.92. The van der Waals surface area contributed by atoms with Gasteiger partial charge in [0.25, 0.3) is 0 Å². The Morgan fingerprint density at radius 3 is 2.65 bits per heavy atom. The number of benzene rings is 1. The van der Waals surface area contributed by atoms with Crippen LogP contribution in [0.4, 0.5) is 13.2 Å². The van der Waals surface area contributed by atoms with Gasteiger partial charge >= 0.3 is 6.18 Å². The number of thiophene rings is 1. The van der Waals surface area contributed by atoms with Crippen molar-refractivity contribution in [2.24, 2.45) is 0 Å². The second-order valence-corrected chi connectivity index (χ2v) is 12.3. The number of halogens is 4. The minimum atomic E-state index is -4.56. The van der Waals surface area contributed by atoms with Gasteiger partial charge in [0, 0.05) is 29.4 Å². The number of fused-ring (bicyclic) bond motifs is 5. The van der Waals surface area contributed by atoms with Crippen molar-refractivity contribution in [2.75, 3.05) is 13.1 Å². The van der Waals surface area contributed by atoms with Gasteiger partial charge < -0.3 is 0 Å². The number of nitrogens with zero attached hydrogens (tertiary/aromatic N) is 6. The van der Waals surface area contributed by atoms with Crippen LogP contribution in [-0.4, -0.2) is 50.4 Å². The Morgan fingerprint density at radius 2 is 1.92 bits per heavy atom. The third kappa shape index (κ3) is 4.13. The van der Waals surface area contributed by atoms with Gasteiger partial charge in [-0.3, -0.25) is 0 Å². The Morgan fingerprint density at radius 1 is 1.16 bits per heavy atom. The molecule has 1 aromatic carbocycles. The minimum Gasteiger partial charge on any atom is -0.234 e. The van der Waals surface area contributed by atoms with Crippen LogP contribution in [0.1, 0.15) is 35.8 Å². The highest BCUT2D eigenvalue weighted by Gasteiger charge is 2.35. The molecular formula is C23H18ClF3N6O2S2. The monoisotopic (exact) mass is 566 g/mol. The van der Waals surface area contributed by atoms with E-state index in [9.17, 15) is 21.6 Å². The Bertz CT molecular complexity index is 1780. The maximum Gasteiger partial charge on any atom is 0.433 e. The fourth-order valence-electron chi connectivity index (χ4n) is 4.67. The van der Waals surface area contributed by atoms with Crippen LogP contribution in [0.2, 0.25) is 5.02 Å². The highest BCUT2D eigenvalue weighted by molar-refractivity contribution is 7.89. The van der Waals surface area contributed by atoms with Crippen LogP contribution in [0.3, 0.4) is 0 Å². The van der Waals surface area contributed by atoms with Crippen molar-refractivity contribution in [3.05, 3.63) is 58.8 Å². The summed E-state index contributed by atoms with van der Waals surface area (Å²) < 4.78 is 69.8. The lowest BCUT2D eigenvalue weighted by Gasteiger charge is -2.30. The predicted octanol–water partition coefficient (Wildman–Crippen LogP) is 5.44. The molecule has 37 heavy (non-hydrogen) atoms. The van der Waals surface area contributed by atoms with Gasteiger partial charge in [0.15, 0.2) is 11.5 Å². The zero-order valence-corrected chi connectivity index (χ0v) is 21.6. The molecule has 0 amide bonds. The third-order valence-corrected chi connectivity index (χ3v) is 9.67. The molecule has 0 spiro atoms. The lowest BCUT2D eigenvalue weighted by Crippen LogP contribution is -2.39. The molecule has 0 saturated carbocycles. The van der Waals surface area contributed by atoms with Gasteiger partial charge in [-0.2, -0.15) is 17.5 Å². The topological polar surface area (TPSA) is 93.4 Å². The lowest BCUT2D eigenvalue weighted by molar-refractivity contribution is -0.141. The summed E-state index contributed by atoms with van der Waals surface area (Å²) in [7, 11) is -3.72. The lowest BCUT2D eigenvalue weighted by atomic mass is 9.99. The number of pyridine rings is 1. The Balaban J connectivity index is 1.39. The highest BCUT2D eigenvalue weighted by Crippen LogP contribution is 2.39. The van der Waals surface area contributed by atoms with Crippen LogP contribution in [0, 0.1) is 6.92 Å². The van der Waals surface area contributed by atoms with Crippen LogP contribution in [-0.2, 0) is 16.2 Å². The summed E-state index contributed by atoms with van der Waals surface area (Å²) in [4.78, 5) is 13.4. The summed E-state index contributed by atoms with van der Waals surface area (Å²) in [5.74, 6) is 0.209. The number of sulfonamides is 1. The van der Waals surface area contributed by atoms with Gasteiger partial charge in [-0.1, -0.05) is 11.6 Å². The average molecular weight is 567 g/mol. The number of alkyl halides is 3. The summed E-state index contributed by atoms with van der Waals surface area (Å²) in [6, 6.07) is 7.06. The van der Waals surface area contributed by atoms with Gasteiger partial charge in [-0.05, 0) is 55.7 Å². The maximum atomic E-state index is 13.3. The second kappa shape index (κ2) is 8.58. The average Bonchev–Trinajstić information content (AvgIpc) is 3.45. The molecule has 14 heteroatoms. The molecule has 0 bridgehead atoms. The van der Waals surface area contributed by atoms with Crippen LogP contribution >= 0.6 is 22.9 Å². The summed E-state index contributed by atoms with van der Waals surface area (Å²) in [6.07, 6.45) is -1.75. The van der Waals surface area contributed by atoms with E-state index < -0.39 is 21.9 Å². The van der Waals surface area contributed by atoms with E-state index >= 15 is 0 Å². The number of rotatable bonds is 3. The molecule has 1 aliphatic heterocycles. The molecule has 0 radical (unpaired) electrons. The van der Waals surface area contributed by atoms with Crippen molar-refractivity contribution in [1.29, 1.82) is 0 Å². The van der Waals surface area contributed by atoms with Crippen molar-refractivity contribution in [3.8, 4) is 0 Å². The fraction of sp³-hybridized carbons (Fsp3) is 0.304. The Kier molecular flexibility index (Phi) is 5.67. The van der Waals surface area contributed by atoms with Crippen molar-refractivity contribution in [2.45, 2.75) is 36.8 Å². The van der Waals surface area contributed by atoms with E-state index in [1.807, 2.05) is 0 Å². The summed E-state index contributed by atoms with van der Waals surface area (Å²) in [5, 5.41) is 5.55. The van der Waals surface area contributed by atoms with E-state index in [0.717, 1.165) is 17.4 Å². The molecule has 0 aliphatic carbocycles. The first-order valence-corrected chi connectivity index (χ1v) is 13.9. The predicted molar refractivity (Wildman–Crippen MR) is 133 cm³/mol. The van der Waals surface area contributed by atoms with E-state index in [4.69, 9.17) is 16.6 Å². The molecule has 192 valence electrons. The minimum absolute atomic E-state index is 0.165. The molecular weight excluding hydrogens is 549 g/mol. The van der Waals surface area contributed by atoms with Crippen LogP contribution in [0.15, 0.2) is 41.6 Å².